The lowest BCUT2D eigenvalue weighted by molar-refractivity contribution is 0.0773. The second-order valence-corrected chi connectivity index (χ2v) is 7.85. The first kappa shape index (κ1) is 16.6. The van der Waals surface area contributed by atoms with E-state index in [-0.39, 0.29) is 13.2 Å². The van der Waals surface area contributed by atoms with Gasteiger partial charge in [-0.15, -0.1) is 5.92 Å². The van der Waals surface area contributed by atoms with E-state index in [0.717, 1.165) is 0 Å². The fourth-order valence-electron chi connectivity index (χ4n) is 0.931. The van der Waals surface area contributed by atoms with Gasteiger partial charge in [-0.3, -0.25) is 9.12 Å². The minimum atomic E-state index is -4.13. The Morgan fingerprint density at radius 1 is 1.35 bits per heavy atom. The lowest BCUT2D eigenvalue weighted by Crippen LogP contribution is -2.23. The van der Waals surface area contributed by atoms with Gasteiger partial charge in [-0.05, 0) is 6.92 Å². The highest BCUT2D eigenvalue weighted by atomic mass is 32.2. The molecule has 0 aromatic carbocycles. The standard InChI is InChI=1S/C9H17O6PS/c1-4-5-9(8-17(11,12)13)14-6-7-15-16(2,3)10/h9H,6-8H2,1-3H3,(H,11,12,13). The number of hydrogen-bond acceptors (Lipinski definition) is 5. The van der Waals surface area contributed by atoms with Crippen LogP contribution < -0.4 is 0 Å². The van der Waals surface area contributed by atoms with E-state index in [4.69, 9.17) is 13.8 Å². The first-order valence-corrected chi connectivity index (χ1v) is 8.95. The number of rotatable bonds is 7. The van der Waals surface area contributed by atoms with E-state index in [1.165, 1.54) is 20.3 Å². The van der Waals surface area contributed by atoms with Crippen molar-refractivity contribution in [3.05, 3.63) is 0 Å². The van der Waals surface area contributed by atoms with Gasteiger partial charge in [-0.2, -0.15) is 8.42 Å². The molecule has 6 nitrogen and oxygen atoms in total. The van der Waals surface area contributed by atoms with Gasteiger partial charge in [0.15, 0.2) is 7.37 Å². The first-order chi connectivity index (χ1) is 7.64. The van der Waals surface area contributed by atoms with Gasteiger partial charge >= 0.3 is 0 Å². The Kier molecular flexibility index (Phi) is 6.98. The third-order valence-electron chi connectivity index (χ3n) is 1.47. The molecule has 0 heterocycles. The maximum absolute atomic E-state index is 11.2. The van der Waals surface area contributed by atoms with Crippen LogP contribution in [-0.2, 0) is 23.9 Å². The van der Waals surface area contributed by atoms with Crippen LogP contribution in [0.2, 0.25) is 0 Å². The minimum Gasteiger partial charge on any atom is -0.362 e. The highest BCUT2D eigenvalue weighted by molar-refractivity contribution is 7.85. The second-order valence-electron chi connectivity index (χ2n) is 3.59. The van der Waals surface area contributed by atoms with E-state index in [0.29, 0.717) is 0 Å². The molecule has 0 amide bonds. The molecule has 0 saturated carbocycles. The average molecular weight is 284 g/mol. The second kappa shape index (κ2) is 7.14. The summed E-state index contributed by atoms with van der Waals surface area (Å²) >= 11 is 0. The minimum absolute atomic E-state index is 0.0561. The molecule has 1 unspecified atom stereocenters. The monoisotopic (exact) mass is 284 g/mol. The molecule has 0 aromatic heterocycles. The molecule has 0 radical (unpaired) electrons. The molecule has 100 valence electrons. The highest BCUT2D eigenvalue weighted by Gasteiger charge is 2.15. The maximum Gasteiger partial charge on any atom is 0.268 e. The van der Waals surface area contributed by atoms with Gasteiger partial charge < -0.3 is 9.26 Å². The summed E-state index contributed by atoms with van der Waals surface area (Å²) in [6.45, 7) is 4.60. The van der Waals surface area contributed by atoms with Crippen molar-refractivity contribution in [1.82, 2.24) is 0 Å². The van der Waals surface area contributed by atoms with Crippen molar-refractivity contribution in [2.24, 2.45) is 0 Å². The van der Waals surface area contributed by atoms with Crippen LogP contribution in [0.25, 0.3) is 0 Å². The molecule has 0 aliphatic rings. The molecule has 1 atom stereocenters. The molecule has 17 heavy (non-hydrogen) atoms. The zero-order valence-corrected chi connectivity index (χ0v) is 11.8. The van der Waals surface area contributed by atoms with Crippen LogP contribution >= 0.6 is 7.37 Å². The molecule has 8 heteroatoms. The Hall–Kier alpha value is -0.380. The largest absolute Gasteiger partial charge is 0.362 e. The Bertz CT molecular complexity index is 426. The Morgan fingerprint density at radius 3 is 2.35 bits per heavy atom. The summed E-state index contributed by atoms with van der Waals surface area (Å²) in [5.41, 5.74) is 0. The van der Waals surface area contributed by atoms with Crippen LogP contribution in [0.15, 0.2) is 0 Å². The molecule has 0 aliphatic carbocycles. The third-order valence-corrected chi connectivity index (χ3v) is 3.00. The van der Waals surface area contributed by atoms with Crippen molar-refractivity contribution in [2.45, 2.75) is 13.0 Å². The van der Waals surface area contributed by atoms with Crippen molar-refractivity contribution in [3.63, 3.8) is 0 Å². The zero-order valence-electron chi connectivity index (χ0n) is 10.0. The quantitative estimate of drug-likeness (QED) is 0.322. The summed E-state index contributed by atoms with van der Waals surface area (Å²) in [7, 11) is -6.70. The summed E-state index contributed by atoms with van der Waals surface area (Å²) in [4.78, 5) is 0. The highest BCUT2D eigenvalue weighted by Crippen LogP contribution is 2.36. The first-order valence-electron chi connectivity index (χ1n) is 4.82. The maximum atomic E-state index is 11.2. The molecule has 1 N–H and O–H groups in total. The molecular weight excluding hydrogens is 267 g/mol. The van der Waals surface area contributed by atoms with Crippen molar-refractivity contribution in [3.8, 4) is 11.8 Å². The van der Waals surface area contributed by atoms with Crippen LogP contribution in [-0.4, -0.2) is 51.4 Å². The average Bonchev–Trinajstić information content (AvgIpc) is 2.08. The molecule has 0 aromatic rings. The Balaban J connectivity index is 4.11. The third kappa shape index (κ3) is 11.9. The molecule has 0 spiro atoms. The van der Waals surface area contributed by atoms with Gasteiger partial charge in [0, 0.05) is 13.3 Å². The topological polar surface area (TPSA) is 89.9 Å². The molecule has 0 bridgehead atoms. The number of ether oxygens (including phenoxy) is 1. The SMILES string of the molecule is CC#CC(CS(=O)(=O)O)OCCOP(C)(C)=O. The predicted octanol–water partition coefficient (Wildman–Crippen LogP) is 0.837. The van der Waals surface area contributed by atoms with Crippen LogP contribution in [0.3, 0.4) is 0 Å². The van der Waals surface area contributed by atoms with E-state index in [2.05, 4.69) is 11.8 Å². The summed E-state index contributed by atoms with van der Waals surface area (Å²) in [5.74, 6) is 4.41. The van der Waals surface area contributed by atoms with E-state index >= 15 is 0 Å². The van der Waals surface area contributed by atoms with Gasteiger partial charge in [0.05, 0.1) is 13.2 Å². The molecule has 0 rings (SSSR count). The van der Waals surface area contributed by atoms with E-state index in [9.17, 15) is 13.0 Å². The number of hydrogen-bond donors (Lipinski definition) is 1. The van der Waals surface area contributed by atoms with Crippen molar-refractivity contribution >= 4 is 17.5 Å². The molecule has 0 fully saturated rings. The Labute approximate surface area is 102 Å². The summed E-state index contributed by atoms with van der Waals surface area (Å²) in [6.07, 6.45) is -0.910. The summed E-state index contributed by atoms with van der Waals surface area (Å²) in [5, 5.41) is 0. The van der Waals surface area contributed by atoms with Crippen LogP contribution in [0.1, 0.15) is 6.92 Å². The van der Waals surface area contributed by atoms with E-state index < -0.39 is 29.3 Å². The lowest BCUT2D eigenvalue weighted by Gasteiger charge is -2.12. The van der Waals surface area contributed by atoms with Gasteiger partial charge in [0.1, 0.15) is 11.9 Å². The van der Waals surface area contributed by atoms with Crippen LogP contribution in [0.4, 0.5) is 0 Å². The summed E-state index contributed by atoms with van der Waals surface area (Å²) in [6, 6.07) is 0. The smallest absolute Gasteiger partial charge is 0.268 e. The van der Waals surface area contributed by atoms with Gasteiger partial charge in [-0.1, -0.05) is 5.92 Å². The molecule has 0 aliphatic heterocycles. The van der Waals surface area contributed by atoms with Crippen molar-refractivity contribution in [1.29, 1.82) is 0 Å². The zero-order chi connectivity index (χ0) is 13.5. The van der Waals surface area contributed by atoms with Gasteiger partial charge in [0.2, 0.25) is 0 Å². The molecule has 0 saturated heterocycles. The normalized spacial score (nSPS) is 13.9. The van der Waals surface area contributed by atoms with E-state index in [1.54, 1.807) is 0 Å². The fourth-order valence-corrected chi connectivity index (χ4v) is 2.01. The lowest BCUT2D eigenvalue weighted by atomic mass is 10.4. The van der Waals surface area contributed by atoms with Crippen LogP contribution in [0.5, 0.6) is 0 Å². The van der Waals surface area contributed by atoms with Gasteiger partial charge in [-0.25, -0.2) is 0 Å². The Morgan fingerprint density at radius 2 is 1.94 bits per heavy atom. The molecular formula is C9H17O6PS. The summed E-state index contributed by atoms with van der Waals surface area (Å²) < 4.78 is 51.2. The van der Waals surface area contributed by atoms with Crippen molar-refractivity contribution < 1.29 is 26.8 Å². The van der Waals surface area contributed by atoms with E-state index in [1.807, 2.05) is 0 Å². The fraction of sp³-hybridized carbons (Fsp3) is 0.778. The van der Waals surface area contributed by atoms with Gasteiger partial charge in [0.25, 0.3) is 10.1 Å². The van der Waals surface area contributed by atoms with Crippen LogP contribution in [0, 0.1) is 11.8 Å². The predicted molar refractivity (Wildman–Crippen MR) is 65.0 cm³/mol. The van der Waals surface area contributed by atoms with Crippen molar-refractivity contribution in [2.75, 3.05) is 32.3 Å².